The normalized spacial score (nSPS) is 10.6. The summed E-state index contributed by atoms with van der Waals surface area (Å²) in [7, 11) is 0. The number of nitrogens with zero attached hydrogens (tertiary/aromatic N) is 2. The summed E-state index contributed by atoms with van der Waals surface area (Å²) < 4.78 is 12.8. The molecule has 0 aliphatic heterocycles. The van der Waals surface area contributed by atoms with Crippen LogP contribution in [0.2, 0.25) is 0 Å². The van der Waals surface area contributed by atoms with Crippen LogP contribution in [0.15, 0.2) is 60.3 Å². The van der Waals surface area contributed by atoms with Crippen molar-refractivity contribution in [3.05, 3.63) is 76.2 Å². The summed E-state index contributed by atoms with van der Waals surface area (Å²) in [4.78, 5) is 22.0. The molecule has 0 atom stereocenters. The molecule has 0 saturated carbocycles. The fourth-order valence-corrected chi connectivity index (χ4v) is 1.72. The highest BCUT2D eigenvalue weighted by atomic mass is 19.1. The van der Waals surface area contributed by atoms with E-state index in [1.54, 1.807) is 6.07 Å². The number of nitrogens with one attached hydrogen (secondary N) is 2. The second-order valence-corrected chi connectivity index (χ2v) is 4.58. The smallest absolute Gasteiger partial charge is 0.269 e. The lowest BCUT2D eigenvalue weighted by atomic mass is 10.2. The Balaban J connectivity index is 2.05. The number of hydrogen-bond donors (Lipinski definition) is 2. The quantitative estimate of drug-likeness (QED) is 0.380. The van der Waals surface area contributed by atoms with E-state index < -0.39 is 16.6 Å². The van der Waals surface area contributed by atoms with Crippen molar-refractivity contribution in [2.75, 3.05) is 10.6 Å². The Hall–Kier alpha value is -3.73. The van der Waals surface area contributed by atoms with Crippen molar-refractivity contribution in [1.29, 1.82) is 5.26 Å². The second kappa shape index (κ2) is 7.51. The van der Waals surface area contributed by atoms with Gasteiger partial charge in [0.05, 0.1) is 4.92 Å². The number of nitro benzene ring substituents is 1. The van der Waals surface area contributed by atoms with Gasteiger partial charge in [-0.25, -0.2) is 4.39 Å². The summed E-state index contributed by atoms with van der Waals surface area (Å²) in [5.74, 6) is -1.08. The van der Waals surface area contributed by atoms with Crippen LogP contribution in [-0.2, 0) is 4.79 Å². The van der Waals surface area contributed by atoms with Crippen LogP contribution in [0.3, 0.4) is 0 Å². The Labute approximate surface area is 136 Å². The van der Waals surface area contributed by atoms with Crippen LogP contribution >= 0.6 is 0 Å². The molecule has 120 valence electrons. The van der Waals surface area contributed by atoms with E-state index in [1.807, 2.05) is 0 Å². The molecule has 2 aromatic rings. The second-order valence-electron chi connectivity index (χ2n) is 4.58. The molecular formula is C16H11FN4O3. The van der Waals surface area contributed by atoms with E-state index in [9.17, 15) is 19.3 Å². The molecule has 0 heterocycles. The molecule has 24 heavy (non-hydrogen) atoms. The first-order valence-corrected chi connectivity index (χ1v) is 6.68. The van der Waals surface area contributed by atoms with Crippen molar-refractivity contribution in [2.45, 2.75) is 0 Å². The predicted molar refractivity (Wildman–Crippen MR) is 85.4 cm³/mol. The van der Waals surface area contributed by atoms with Crippen LogP contribution in [0.25, 0.3) is 0 Å². The minimum Gasteiger partial charge on any atom is -0.360 e. The Kier molecular flexibility index (Phi) is 5.20. The van der Waals surface area contributed by atoms with Crippen LogP contribution in [0, 0.1) is 27.3 Å². The fraction of sp³-hybridized carbons (Fsp3) is 0. The fourth-order valence-electron chi connectivity index (χ4n) is 1.72. The van der Waals surface area contributed by atoms with E-state index in [0.29, 0.717) is 11.4 Å². The molecule has 0 aromatic heterocycles. The van der Waals surface area contributed by atoms with Gasteiger partial charge in [-0.2, -0.15) is 5.26 Å². The maximum atomic E-state index is 12.8. The maximum absolute atomic E-state index is 12.8. The zero-order valence-corrected chi connectivity index (χ0v) is 12.2. The minimum absolute atomic E-state index is 0.109. The zero-order valence-electron chi connectivity index (χ0n) is 12.2. The number of amides is 1. The number of benzene rings is 2. The molecule has 0 saturated heterocycles. The topological polar surface area (TPSA) is 108 Å². The average Bonchev–Trinajstić information content (AvgIpc) is 2.57. The molecule has 1 amide bonds. The largest absolute Gasteiger partial charge is 0.360 e. The number of rotatable bonds is 5. The van der Waals surface area contributed by atoms with Crippen LogP contribution < -0.4 is 10.6 Å². The summed E-state index contributed by atoms with van der Waals surface area (Å²) in [6.45, 7) is 0. The molecule has 7 nitrogen and oxygen atoms in total. The lowest BCUT2D eigenvalue weighted by Crippen LogP contribution is -2.14. The van der Waals surface area contributed by atoms with Crippen molar-refractivity contribution in [3.8, 4) is 6.07 Å². The molecule has 2 aromatic carbocycles. The zero-order chi connectivity index (χ0) is 17.5. The van der Waals surface area contributed by atoms with Gasteiger partial charge in [-0.1, -0.05) is 0 Å². The molecule has 0 aliphatic carbocycles. The Morgan fingerprint density at radius 3 is 2.25 bits per heavy atom. The lowest BCUT2D eigenvalue weighted by Gasteiger charge is -2.05. The van der Waals surface area contributed by atoms with Crippen molar-refractivity contribution in [1.82, 2.24) is 0 Å². The number of carbonyl (C=O) groups is 1. The highest BCUT2D eigenvalue weighted by Gasteiger charge is 2.10. The molecular weight excluding hydrogens is 315 g/mol. The molecule has 2 N–H and O–H groups in total. The summed E-state index contributed by atoms with van der Waals surface area (Å²) in [5, 5.41) is 24.8. The van der Waals surface area contributed by atoms with Crippen LogP contribution in [0.4, 0.5) is 21.5 Å². The van der Waals surface area contributed by atoms with Gasteiger partial charge in [0.25, 0.3) is 11.6 Å². The number of nitro groups is 1. The Bertz CT molecular complexity index is 824. The van der Waals surface area contributed by atoms with Gasteiger partial charge in [0, 0.05) is 29.7 Å². The van der Waals surface area contributed by atoms with Gasteiger partial charge in [0.15, 0.2) is 0 Å². The molecule has 0 aliphatic rings. The van der Waals surface area contributed by atoms with E-state index in [0.717, 1.165) is 0 Å². The molecule has 0 radical (unpaired) electrons. The number of anilines is 2. The van der Waals surface area contributed by atoms with E-state index in [-0.39, 0.29) is 11.3 Å². The number of nitriles is 1. The van der Waals surface area contributed by atoms with Gasteiger partial charge in [-0.3, -0.25) is 14.9 Å². The van der Waals surface area contributed by atoms with Crippen molar-refractivity contribution in [2.24, 2.45) is 0 Å². The van der Waals surface area contributed by atoms with Crippen LogP contribution in [-0.4, -0.2) is 10.8 Å². The Morgan fingerprint density at radius 2 is 1.71 bits per heavy atom. The molecule has 0 fully saturated rings. The maximum Gasteiger partial charge on any atom is 0.269 e. The van der Waals surface area contributed by atoms with Crippen LogP contribution in [0.1, 0.15) is 0 Å². The molecule has 0 unspecified atom stereocenters. The number of hydrogen-bond acceptors (Lipinski definition) is 5. The van der Waals surface area contributed by atoms with Gasteiger partial charge >= 0.3 is 0 Å². The highest BCUT2D eigenvalue weighted by molar-refractivity contribution is 6.06. The van der Waals surface area contributed by atoms with Crippen LogP contribution in [0.5, 0.6) is 0 Å². The first kappa shape index (κ1) is 16.6. The van der Waals surface area contributed by atoms with Gasteiger partial charge in [0.2, 0.25) is 0 Å². The van der Waals surface area contributed by atoms with Gasteiger partial charge in [0.1, 0.15) is 17.5 Å². The average molecular weight is 326 g/mol. The van der Waals surface area contributed by atoms with E-state index in [1.165, 1.54) is 54.7 Å². The van der Waals surface area contributed by atoms with Gasteiger partial charge < -0.3 is 10.6 Å². The standard InChI is InChI=1S/C16H11FN4O3/c17-12-1-3-13(4-2-12)19-10-11(9-18)16(22)20-14-5-7-15(8-6-14)21(23)24/h1-8,10,19H,(H,20,22)/b11-10-. The summed E-state index contributed by atoms with van der Waals surface area (Å²) in [6.07, 6.45) is 1.19. The first-order valence-electron chi connectivity index (χ1n) is 6.68. The minimum atomic E-state index is -0.680. The van der Waals surface area contributed by atoms with Crippen molar-refractivity contribution in [3.63, 3.8) is 0 Å². The third-order valence-corrected chi connectivity index (χ3v) is 2.93. The van der Waals surface area contributed by atoms with Crippen molar-refractivity contribution < 1.29 is 14.1 Å². The molecule has 0 spiro atoms. The van der Waals surface area contributed by atoms with Crippen molar-refractivity contribution >= 4 is 23.0 Å². The van der Waals surface area contributed by atoms with E-state index in [2.05, 4.69) is 10.6 Å². The molecule has 0 bridgehead atoms. The van der Waals surface area contributed by atoms with E-state index >= 15 is 0 Å². The molecule has 8 heteroatoms. The third kappa shape index (κ3) is 4.38. The summed E-state index contributed by atoms with van der Waals surface area (Å²) >= 11 is 0. The monoisotopic (exact) mass is 326 g/mol. The number of halogens is 1. The predicted octanol–water partition coefficient (Wildman–Crippen LogP) is 3.19. The lowest BCUT2D eigenvalue weighted by molar-refractivity contribution is -0.384. The number of non-ortho nitro benzene ring substituents is 1. The highest BCUT2D eigenvalue weighted by Crippen LogP contribution is 2.16. The first-order chi connectivity index (χ1) is 11.5. The summed E-state index contributed by atoms with van der Waals surface area (Å²) in [6, 6.07) is 12.3. The Morgan fingerprint density at radius 1 is 1.12 bits per heavy atom. The third-order valence-electron chi connectivity index (χ3n) is 2.93. The van der Waals surface area contributed by atoms with Gasteiger partial charge in [-0.05, 0) is 36.4 Å². The van der Waals surface area contributed by atoms with E-state index in [4.69, 9.17) is 5.26 Å². The summed E-state index contributed by atoms with van der Waals surface area (Å²) in [5.41, 5.74) is 0.500. The SMILES string of the molecule is N#C/C(=C/Nc1ccc(F)cc1)C(=O)Nc1ccc([N+](=O)[O-])cc1. The van der Waals surface area contributed by atoms with Gasteiger partial charge in [-0.15, -0.1) is 0 Å². The molecule has 2 rings (SSSR count). The number of carbonyl (C=O) groups excluding carboxylic acids is 1.